The summed E-state index contributed by atoms with van der Waals surface area (Å²) in [6.45, 7) is 2.19. The second-order valence-corrected chi connectivity index (χ2v) is 6.71. The molecular weight excluding hydrogens is 232 g/mol. The van der Waals surface area contributed by atoms with Crippen LogP contribution in [0, 0.1) is 17.3 Å². The highest BCUT2D eigenvalue weighted by molar-refractivity contribution is 5.97. The summed E-state index contributed by atoms with van der Waals surface area (Å²) in [5, 5.41) is 0. The van der Waals surface area contributed by atoms with Crippen LogP contribution in [0.2, 0.25) is 0 Å². The van der Waals surface area contributed by atoms with Crippen LogP contribution in [-0.2, 0) is 11.2 Å². The zero-order chi connectivity index (χ0) is 13.0. The van der Waals surface area contributed by atoms with Crippen LogP contribution in [0.25, 0.3) is 0 Å². The molecule has 98 valence electrons. The van der Waals surface area contributed by atoms with Crippen molar-refractivity contribution < 1.29 is 4.79 Å². The Morgan fingerprint density at radius 2 is 2.05 bits per heavy atom. The van der Waals surface area contributed by atoms with Gasteiger partial charge >= 0.3 is 0 Å². The Bertz CT molecular complexity index is 571. The van der Waals surface area contributed by atoms with Crippen LogP contribution in [-0.4, -0.2) is 5.78 Å². The van der Waals surface area contributed by atoms with E-state index in [0.717, 1.165) is 6.42 Å². The van der Waals surface area contributed by atoms with Crippen LogP contribution in [0.1, 0.15) is 43.2 Å². The van der Waals surface area contributed by atoms with Crippen LogP contribution in [0.15, 0.2) is 36.4 Å². The number of benzene rings is 1. The van der Waals surface area contributed by atoms with E-state index in [9.17, 15) is 4.79 Å². The molecule has 4 rings (SSSR count). The predicted molar refractivity (Wildman–Crippen MR) is 76.0 cm³/mol. The number of aryl methyl sites for hydroxylation is 1. The first kappa shape index (κ1) is 11.5. The van der Waals surface area contributed by atoms with Crippen LogP contribution >= 0.6 is 0 Å². The second-order valence-electron chi connectivity index (χ2n) is 6.71. The lowest BCUT2D eigenvalue weighted by atomic mass is 9.55. The smallest absolute Gasteiger partial charge is 0.161 e. The monoisotopic (exact) mass is 252 g/mol. The van der Waals surface area contributed by atoms with Gasteiger partial charge in [0, 0.05) is 5.41 Å². The highest BCUT2D eigenvalue weighted by Gasteiger charge is 2.52. The standard InChI is InChI=1S/C18H20O/c1-18-11-10-14-13-5-3-2-4-12(13)6-7-15(14)16(18)8-9-17(18)19/h2-5,8-9,14-16H,6-7,10-11H2,1H3/t14?,15?,16?,18-/m0/s1. The molecule has 0 radical (unpaired) electrons. The summed E-state index contributed by atoms with van der Waals surface area (Å²) in [4.78, 5) is 12.2. The first-order valence-electron chi connectivity index (χ1n) is 7.50. The molecule has 3 unspecified atom stereocenters. The van der Waals surface area contributed by atoms with E-state index in [2.05, 4.69) is 37.3 Å². The van der Waals surface area contributed by atoms with Crippen LogP contribution in [0.4, 0.5) is 0 Å². The Morgan fingerprint density at radius 3 is 2.95 bits per heavy atom. The fourth-order valence-corrected chi connectivity index (χ4v) is 4.80. The topological polar surface area (TPSA) is 17.1 Å². The first-order valence-corrected chi connectivity index (χ1v) is 7.50. The molecule has 3 aliphatic rings. The second kappa shape index (κ2) is 3.82. The van der Waals surface area contributed by atoms with E-state index >= 15 is 0 Å². The molecule has 3 aliphatic carbocycles. The molecule has 0 amide bonds. The van der Waals surface area contributed by atoms with Gasteiger partial charge in [-0.2, -0.15) is 0 Å². The van der Waals surface area contributed by atoms with Crippen molar-refractivity contribution in [1.82, 2.24) is 0 Å². The summed E-state index contributed by atoms with van der Waals surface area (Å²) in [6.07, 6.45) is 8.74. The number of rotatable bonds is 0. The average Bonchev–Trinajstić information content (AvgIpc) is 2.75. The van der Waals surface area contributed by atoms with Crippen LogP contribution < -0.4 is 0 Å². The van der Waals surface area contributed by atoms with Gasteiger partial charge in [0.25, 0.3) is 0 Å². The van der Waals surface area contributed by atoms with Gasteiger partial charge < -0.3 is 0 Å². The van der Waals surface area contributed by atoms with Gasteiger partial charge in [0.2, 0.25) is 0 Å². The molecule has 0 saturated heterocycles. The molecule has 1 aromatic carbocycles. The minimum absolute atomic E-state index is 0.0898. The molecule has 0 heterocycles. The maximum absolute atomic E-state index is 12.2. The molecule has 0 aromatic heterocycles. The minimum Gasteiger partial charge on any atom is -0.294 e. The lowest BCUT2D eigenvalue weighted by Gasteiger charge is -2.48. The number of fused-ring (bicyclic) bond motifs is 5. The van der Waals surface area contributed by atoms with Gasteiger partial charge in [-0.05, 0) is 60.6 Å². The van der Waals surface area contributed by atoms with Gasteiger partial charge in [-0.3, -0.25) is 4.79 Å². The molecule has 1 aromatic rings. The summed E-state index contributed by atoms with van der Waals surface area (Å²) in [5.74, 6) is 2.21. The largest absolute Gasteiger partial charge is 0.294 e. The number of hydrogen-bond donors (Lipinski definition) is 0. The van der Waals surface area contributed by atoms with Gasteiger partial charge in [-0.25, -0.2) is 0 Å². The Balaban J connectivity index is 1.76. The van der Waals surface area contributed by atoms with Gasteiger partial charge in [0.05, 0.1) is 0 Å². The molecule has 4 atom stereocenters. The van der Waals surface area contributed by atoms with Crippen LogP contribution in [0.3, 0.4) is 0 Å². The van der Waals surface area contributed by atoms with Crippen molar-refractivity contribution in [3.05, 3.63) is 47.5 Å². The van der Waals surface area contributed by atoms with Gasteiger partial charge in [0.15, 0.2) is 5.78 Å². The van der Waals surface area contributed by atoms with E-state index in [0.29, 0.717) is 23.5 Å². The molecule has 0 N–H and O–H groups in total. The fraction of sp³-hybridized carbons (Fsp3) is 0.500. The van der Waals surface area contributed by atoms with E-state index < -0.39 is 0 Å². The lowest BCUT2D eigenvalue weighted by Crippen LogP contribution is -2.42. The van der Waals surface area contributed by atoms with E-state index in [-0.39, 0.29) is 5.41 Å². The van der Waals surface area contributed by atoms with E-state index in [1.807, 2.05) is 6.08 Å². The molecular formula is C18H20O. The van der Waals surface area contributed by atoms with Gasteiger partial charge in [0.1, 0.15) is 0 Å². The maximum Gasteiger partial charge on any atom is 0.161 e. The molecule has 1 nitrogen and oxygen atoms in total. The maximum atomic E-state index is 12.2. The highest BCUT2D eigenvalue weighted by Crippen LogP contribution is 2.57. The van der Waals surface area contributed by atoms with Crippen LogP contribution in [0.5, 0.6) is 0 Å². The summed E-state index contributed by atoms with van der Waals surface area (Å²) in [7, 11) is 0. The number of ketones is 1. The van der Waals surface area contributed by atoms with E-state index in [1.54, 1.807) is 11.1 Å². The molecule has 19 heavy (non-hydrogen) atoms. The number of carbonyl (C=O) groups excluding carboxylic acids is 1. The molecule has 1 fully saturated rings. The van der Waals surface area contributed by atoms with Crippen molar-refractivity contribution in [2.75, 3.05) is 0 Å². The van der Waals surface area contributed by atoms with Crippen molar-refractivity contribution in [3.8, 4) is 0 Å². The normalized spacial score (nSPS) is 39.6. The fourth-order valence-electron chi connectivity index (χ4n) is 4.80. The number of hydrogen-bond acceptors (Lipinski definition) is 1. The Morgan fingerprint density at radius 1 is 1.21 bits per heavy atom. The Kier molecular flexibility index (Phi) is 2.30. The van der Waals surface area contributed by atoms with Gasteiger partial charge in [-0.15, -0.1) is 0 Å². The Hall–Kier alpha value is -1.37. The first-order chi connectivity index (χ1) is 9.20. The quantitative estimate of drug-likeness (QED) is 0.684. The SMILES string of the molecule is C[C@]12CCC3c4ccccc4CCC3C1C=CC2=O. The molecule has 0 bridgehead atoms. The zero-order valence-electron chi connectivity index (χ0n) is 11.4. The van der Waals surface area contributed by atoms with E-state index in [4.69, 9.17) is 0 Å². The Labute approximate surface area is 114 Å². The van der Waals surface area contributed by atoms with E-state index in [1.165, 1.54) is 19.3 Å². The number of carbonyl (C=O) groups is 1. The highest BCUT2D eigenvalue weighted by atomic mass is 16.1. The van der Waals surface area contributed by atoms with Crippen molar-refractivity contribution in [2.24, 2.45) is 17.3 Å². The third-order valence-corrected chi connectivity index (χ3v) is 5.91. The molecule has 0 spiro atoms. The summed E-state index contributed by atoms with van der Waals surface area (Å²) in [6, 6.07) is 8.93. The lowest BCUT2D eigenvalue weighted by molar-refractivity contribution is -0.126. The molecule has 1 saturated carbocycles. The van der Waals surface area contributed by atoms with Crippen molar-refractivity contribution >= 4 is 5.78 Å². The predicted octanol–water partition coefficient (Wildman–Crippen LogP) is 3.89. The molecule has 1 heteroatoms. The summed E-state index contributed by atoms with van der Waals surface area (Å²) < 4.78 is 0. The summed E-state index contributed by atoms with van der Waals surface area (Å²) >= 11 is 0. The van der Waals surface area contributed by atoms with Gasteiger partial charge in [-0.1, -0.05) is 37.3 Å². The molecule has 0 aliphatic heterocycles. The van der Waals surface area contributed by atoms with Crippen molar-refractivity contribution in [1.29, 1.82) is 0 Å². The average molecular weight is 252 g/mol. The third-order valence-electron chi connectivity index (χ3n) is 5.91. The third kappa shape index (κ3) is 1.45. The minimum atomic E-state index is -0.0898. The van der Waals surface area contributed by atoms with Crippen molar-refractivity contribution in [2.45, 2.75) is 38.5 Å². The number of allylic oxidation sites excluding steroid dienone is 2. The zero-order valence-corrected chi connectivity index (χ0v) is 11.4. The summed E-state index contributed by atoms with van der Waals surface area (Å²) in [5.41, 5.74) is 3.02. The van der Waals surface area contributed by atoms with Crippen molar-refractivity contribution in [3.63, 3.8) is 0 Å².